The second-order valence-electron chi connectivity index (χ2n) is 12.5. The molecule has 0 saturated carbocycles. The maximum Gasteiger partial charge on any atom is 0.262 e. The smallest absolute Gasteiger partial charge is 0.262 e. The molecule has 0 unspecified atom stereocenters. The lowest BCUT2D eigenvalue weighted by atomic mass is 9.98. The van der Waals surface area contributed by atoms with Crippen molar-refractivity contribution in [2.45, 2.75) is 0 Å². The molecule has 4 aromatic carbocycles. The monoisotopic (exact) mass is 810 g/mol. The summed E-state index contributed by atoms with van der Waals surface area (Å²) < 4.78 is 53.9. The van der Waals surface area contributed by atoms with E-state index < -0.39 is 20.2 Å². The van der Waals surface area contributed by atoms with Crippen LogP contribution in [0.3, 0.4) is 0 Å². The number of nitrogens with one attached hydrogen (secondary N) is 2. The predicted octanol–water partition coefficient (Wildman–Crippen LogP) is 4.50. The minimum Gasteiger partial charge on any atom is -0.314 e. The summed E-state index contributed by atoms with van der Waals surface area (Å²) in [5.41, 5.74) is 1.92. The van der Waals surface area contributed by atoms with Gasteiger partial charge in [-0.05, 0) is 57.9 Å². The van der Waals surface area contributed by atoms with Crippen LogP contribution < -0.4 is 10.6 Å². The SMILES string of the molecule is CS(=O)(=O)O.CS(=O)(=O)O.O=C1c2ccc3ccc4sccc4c3c2C(=O)N1CCNCCNCCN1C(=O)c2ccc3ccc4sccc4c3c2C1=O. The lowest BCUT2D eigenvalue weighted by molar-refractivity contribution is 0.0639. The Morgan fingerprint density at radius 3 is 1.26 bits per heavy atom. The Hall–Kier alpha value is -4.66. The van der Waals surface area contributed by atoms with E-state index in [9.17, 15) is 36.0 Å². The van der Waals surface area contributed by atoms with Crippen LogP contribution in [0.2, 0.25) is 0 Å². The second-order valence-corrected chi connectivity index (χ2v) is 17.3. The molecule has 0 radical (unpaired) electrons. The molecule has 54 heavy (non-hydrogen) atoms. The van der Waals surface area contributed by atoms with Crippen molar-refractivity contribution in [2.24, 2.45) is 0 Å². The maximum atomic E-state index is 13.4. The fraction of sp³-hybridized carbons (Fsp3) is 0.222. The quantitative estimate of drug-likeness (QED) is 0.0905. The van der Waals surface area contributed by atoms with E-state index in [-0.39, 0.29) is 36.7 Å². The van der Waals surface area contributed by atoms with E-state index in [1.54, 1.807) is 34.8 Å². The first-order valence-electron chi connectivity index (χ1n) is 16.4. The Balaban J connectivity index is 0.000000444. The van der Waals surface area contributed by atoms with Crippen molar-refractivity contribution in [1.29, 1.82) is 0 Å². The summed E-state index contributed by atoms with van der Waals surface area (Å²) in [4.78, 5) is 55.7. The van der Waals surface area contributed by atoms with E-state index in [4.69, 9.17) is 9.11 Å². The third-order valence-electron chi connectivity index (χ3n) is 8.60. The Labute approximate surface area is 317 Å². The zero-order valence-electron chi connectivity index (χ0n) is 28.9. The number of fused-ring (bicyclic) bond motifs is 10. The minimum absolute atomic E-state index is 0.248. The molecule has 0 atom stereocenters. The van der Waals surface area contributed by atoms with Crippen LogP contribution in [0.25, 0.3) is 41.7 Å². The summed E-state index contributed by atoms with van der Waals surface area (Å²) in [5.74, 6) is -1.01. The van der Waals surface area contributed by atoms with E-state index in [0.717, 1.165) is 41.7 Å². The van der Waals surface area contributed by atoms with Gasteiger partial charge in [-0.2, -0.15) is 16.8 Å². The van der Waals surface area contributed by atoms with Gasteiger partial charge in [-0.1, -0.05) is 24.3 Å². The van der Waals surface area contributed by atoms with Crippen LogP contribution in [0.15, 0.2) is 71.4 Å². The van der Waals surface area contributed by atoms with Crippen molar-refractivity contribution >= 4 is 108 Å². The van der Waals surface area contributed by atoms with Crippen molar-refractivity contribution < 1.29 is 45.1 Å². The van der Waals surface area contributed by atoms with Gasteiger partial charge >= 0.3 is 0 Å². The fourth-order valence-corrected chi connectivity index (χ4v) is 8.09. The lowest BCUT2D eigenvalue weighted by Gasteiger charge is -2.16. The Morgan fingerprint density at radius 1 is 0.537 bits per heavy atom. The summed E-state index contributed by atoms with van der Waals surface area (Å²) in [7, 11) is -7.33. The van der Waals surface area contributed by atoms with Gasteiger partial charge in [0.15, 0.2) is 0 Å². The molecule has 8 rings (SSSR count). The largest absolute Gasteiger partial charge is 0.314 e. The Bertz CT molecular complexity index is 2500. The van der Waals surface area contributed by atoms with Crippen LogP contribution in [0.1, 0.15) is 41.4 Å². The first kappa shape index (κ1) is 39.0. The number of nitrogens with zero attached hydrogens (tertiary/aromatic N) is 2. The Morgan fingerprint density at radius 2 is 0.889 bits per heavy atom. The molecular weight excluding hydrogens is 777 g/mol. The van der Waals surface area contributed by atoms with Crippen molar-refractivity contribution in [3.63, 3.8) is 0 Å². The summed E-state index contributed by atoms with van der Waals surface area (Å²) in [6, 6.07) is 19.5. The number of hydrogen-bond donors (Lipinski definition) is 4. The van der Waals surface area contributed by atoms with Gasteiger partial charge in [0, 0.05) is 70.2 Å². The molecule has 0 spiro atoms. The van der Waals surface area contributed by atoms with E-state index in [2.05, 4.69) is 22.8 Å². The zero-order valence-corrected chi connectivity index (χ0v) is 32.1. The molecule has 0 aliphatic carbocycles. The van der Waals surface area contributed by atoms with Crippen LogP contribution in [0.5, 0.6) is 0 Å². The average Bonchev–Trinajstić information content (AvgIpc) is 3.87. The maximum absolute atomic E-state index is 13.4. The van der Waals surface area contributed by atoms with Crippen LogP contribution in [-0.2, 0) is 20.2 Å². The molecule has 2 aliphatic rings. The number of benzene rings is 4. The fourth-order valence-electron chi connectivity index (χ4n) is 6.50. The highest BCUT2D eigenvalue weighted by atomic mass is 32.2. The summed E-state index contributed by atoms with van der Waals surface area (Å²) in [6.07, 6.45) is 1.43. The second kappa shape index (κ2) is 15.6. The Kier molecular flexibility index (Phi) is 11.3. The van der Waals surface area contributed by atoms with Gasteiger partial charge in [0.25, 0.3) is 43.9 Å². The zero-order chi connectivity index (χ0) is 38.9. The van der Waals surface area contributed by atoms with E-state index in [1.165, 1.54) is 9.80 Å². The van der Waals surface area contributed by atoms with Gasteiger partial charge in [-0.15, -0.1) is 22.7 Å². The number of imide groups is 2. The van der Waals surface area contributed by atoms with Crippen molar-refractivity contribution in [2.75, 3.05) is 51.8 Å². The molecule has 2 aromatic heterocycles. The van der Waals surface area contributed by atoms with Crippen molar-refractivity contribution in [1.82, 2.24) is 20.4 Å². The number of amides is 4. The molecule has 4 amide bonds. The van der Waals surface area contributed by atoms with Gasteiger partial charge in [-0.25, -0.2) is 0 Å². The molecule has 4 heterocycles. The number of rotatable bonds is 9. The average molecular weight is 811 g/mol. The summed E-state index contributed by atoms with van der Waals surface area (Å²) in [5, 5.41) is 16.2. The van der Waals surface area contributed by atoms with Gasteiger partial charge in [0.1, 0.15) is 0 Å². The van der Waals surface area contributed by atoms with Crippen LogP contribution in [0, 0.1) is 0 Å². The summed E-state index contributed by atoms with van der Waals surface area (Å²) in [6.45, 7) is 2.67. The normalized spacial score (nSPS) is 14.1. The molecule has 4 N–H and O–H groups in total. The van der Waals surface area contributed by atoms with Crippen molar-refractivity contribution in [3.05, 3.63) is 93.7 Å². The molecule has 0 fully saturated rings. The van der Waals surface area contributed by atoms with Gasteiger partial charge in [0.05, 0.1) is 34.8 Å². The number of thiophene rings is 2. The highest BCUT2D eigenvalue weighted by Gasteiger charge is 2.38. The van der Waals surface area contributed by atoms with Crippen molar-refractivity contribution in [3.8, 4) is 0 Å². The molecule has 0 bridgehead atoms. The summed E-state index contributed by atoms with van der Waals surface area (Å²) >= 11 is 3.24. The van der Waals surface area contributed by atoms with Gasteiger partial charge < -0.3 is 10.6 Å². The molecular formula is C36H34N4O10S4. The molecule has 0 saturated heterocycles. The first-order valence-corrected chi connectivity index (χ1v) is 21.8. The number of carbonyl (C=O) groups is 4. The lowest BCUT2D eigenvalue weighted by Crippen LogP contribution is -2.40. The third kappa shape index (κ3) is 8.35. The number of hydrogen-bond acceptors (Lipinski definition) is 12. The highest BCUT2D eigenvalue weighted by molar-refractivity contribution is 7.85. The highest BCUT2D eigenvalue weighted by Crippen LogP contribution is 2.38. The predicted molar refractivity (Wildman–Crippen MR) is 210 cm³/mol. The number of carbonyl (C=O) groups excluding carboxylic acids is 4. The van der Waals surface area contributed by atoms with E-state index >= 15 is 0 Å². The molecule has 14 nitrogen and oxygen atoms in total. The first-order chi connectivity index (χ1) is 25.5. The van der Waals surface area contributed by atoms with Gasteiger partial charge in [0.2, 0.25) is 0 Å². The van der Waals surface area contributed by atoms with Crippen LogP contribution >= 0.6 is 22.7 Å². The van der Waals surface area contributed by atoms with Crippen LogP contribution in [0.4, 0.5) is 0 Å². The molecule has 282 valence electrons. The standard InChI is InChI=1S/C34H26N4O4S2.2CH4O3S/c39-31-23-5-1-19-3-7-25-21(9-17-43-25)27(19)29(23)33(41)37(31)15-13-35-11-12-36-14-16-38-32(40)24-6-2-20-4-8-26-22(10-18-44-26)28(20)30(24)34(38)42;2*1-5(2,3)4/h1-10,17-18,35-36H,11-16H2;2*1H3,(H,2,3,4). The van der Waals surface area contributed by atoms with E-state index in [0.29, 0.717) is 60.9 Å². The minimum atomic E-state index is -3.67. The molecule has 18 heteroatoms. The van der Waals surface area contributed by atoms with E-state index in [1.807, 2.05) is 47.2 Å². The molecule has 6 aromatic rings. The van der Waals surface area contributed by atoms with Gasteiger partial charge in [-0.3, -0.25) is 38.1 Å². The van der Waals surface area contributed by atoms with Crippen LogP contribution in [-0.4, -0.2) is 111 Å². The molecule has 2 aliphatic heterocycles. The topological polar surface area (TPSA) is 208 Å². The third-order valence-corrected chi connectivity index (χ3v) is 10.4.